The summed E-state index contributed by atoms with van der Waals surface area (Å²) in [6.07, 6.45) is 68.2. The summed E-state index contributed by atoms with van der Waals surface area (Å²) in [5, 5.41) is 0. The molecule has 0 amide bonds. The summed E-state index contributed by atoms with van der Waals surface area (Å²) < 4.78 is 16.8. The Labute approximate surface area is 431 Å². The molecule has 0 N–H and O–H groups in total. The molecule has 0 aliphatic carbocycles. The molecular formula is C63H120O6. The van der Waals surface area contributed by atoms with Crippen LogP contribution in [0.5, 0.6) is 0 Å². The topological polar surface area (TPSA) is 78.9 Å². The average molecular weight is 974 g/mol. The molecule has 0 bridgehead atoms. The Morgan fingerprint density at radius 2 is 0.478 bits per heavy atom. The maximum atomic E-state index is 12.8. The van der Waals surface area contributed by atoms with Crippen LogP contribution in [0.25, 0.3) is 0 Å². The van der Waals surface area contributed by atoms with E-state index in [1.165, 1.54) is 250 Å². The molecule has 1 unspecified atom stereocenters. The van der Waals surface area contributed by atoms with Crippen LogP contribution >= 0.6 is 0 Å². The van der Waals surface area contributed by atoms with E-state index in [9.17, 15) is 14.4 Å². The van der Waals surface area contributed by atoms with E-state index in [1.807, 2.05) is 0 Å². The molecule has 0 aromatic heterocycles. The third kappa shape index (κ3) is 56.9. The van der Waals surface area contributed by atoms with Crippen molar-refractivity contribution in [1.82, 2.24) is 0 Å². The number of carbonyl (C=O) groups is 3. The summed E-state index contributed by atoms with van der Waals surface area (Å²) in [5.41, 5.74) is 0. The molecule has 1 atom stereocenters. The first-order chi connectivity index (χ1) is 34.0. The average Bonchev–Trinajstić information content (AvgIpc) is 3.35. The zero-order chi connectivity index (χ0) is 50.0. The summed E-state index contributed by atoms with van der Waals surface area (Å²) in [5.74, 6) is -0.857. The maximum Gasteiger partial charge on any atom is 0.306 e. The largest absolute Gasteiger partial charge is 0.462 e. The van der Waals surface area contributed by atoms with Crippen LogP contribution in [0, 0.1) is 0 Å². The van der Waals surface area contributed by atoms with Gasteiger partial charge in [-0.15, -0.1) is 0 Å². The van der Waals surface area contributed by atoms with Crippen molar-refractivity contribution >= 4 is 17.9 Å². The van der Waals surface area contributed by atoms with E-state index in [2.05, 4.69) is 32.9 Å². The van der Waals surface area contributed by atoms with Gasteiger partial charge in [-0.3, -0.25) is 14.4 Å². The van der Waals surface area contributed by atoms with Crippen molar-refractivity contribution in [3.8, 4) is 0 Å². The summed E-state index contributed by atoms with van der Waals surface area (Å²) in [6, 6.07) is 0. The van der Waals surface area contributed by atoms with Crippen molar-refractivity contribution in [2.24, 2.45) is 0 Å². The Kier molecular flexibility index (Phi) is 57.1. The van der Waals surface area contributed by atoms with Crippen molar-refractivity contribution < 1.29 is 28.6 Å². The predicted molar refractivity (Wildman–Crippen MR) is 298 cm³/mol. The standard InChI is InChI=1S/C63H120O6/c1-4-7-10-13-16-19-21-23-25-27-28-29-30-31-32-33-34-35-36-37-39-40-42-44-47-50-53-56-62(65)68-59-60(58-67-61(64)55-52-49-46-18-15-12-9-6-3)69-63(66)57-54-51-48-45-43-41-38-26-24-22-20-17-14-11-8-5-2/h26,38,60H,4-25,27-37,39-59H2,1-3H3/b38-26-. The van der Waals surface area contributed by atoms with Gasteiger partial charge in [0, 0.05) is 19.3 Å². The van der Waals surface area contributed by atoms with Crippen molar-refractivity contribution in [2.75, 3.05) is 13.2 Å². The first-order valence-corrected chi connectivity index (χ1v) is 31.2. The van der Waals surface area contributed by atoms with E-state index in [-0.39, 0.29) is 31.1 Å². The second-order valence-corrected chi connectivity index (χ2v) is 21.3. The molecule has 0 aliphatic heterocycles. The predicted octanol–water partition coefficient (Wildman–Crippen LogP) is 20.9. The lowest BCUT2D eigenvalue weighted by molar-refractivity contribution is -0.167. The molecule has 0 rings (SSSR count). The second-order valence-electron chi connectivity index (χ2n) is 21.3. The van der Waals surface area contributed by atoms with Gasteiger partial charge in [-0.1, -0.05) is 303 Å². The molecule has 0 fully saturated rings. The minimum absolute atomic E-state index is 0.0679. The summed E-state index contributed by atoms with van der Waals surface area (Å²) in [7, 11) is 0. The number of esters is 3. The molecule has 0 aromatic rings. The molecule has 0 radical (unpaired) electrons. The van der Waals surface area contributed by atoms with Gasteiger partial charge in [0.15, 0.2) is 6.10 Å². The van der Waals surface area contributed by atoms with Gasteiger partial charge in [-0.05, 0) is 44.9 Å². The number of hydrogen-bond donors (Lipinski definition) is 0. The molecule has 0 saturated heterocycles. The Hall–Kier alpha value is -1.85. The van der Waals surface area contributed by atoms with E-state index in [4.69, 9.17) is 14.2 Å². The number of unbranched alkanes of at least 4 members (excludes halogenated alkanes) is 45. The van der Waals surface area contributed by atoms with E-state index < -0.39 is 6.10 Å². The fourth-order valence-electron chi connectivity index (χ4n) is 9.56. The van der Waals surface area contributed by atoms with E-state index >= 15 is 0 Å². The number of allylic oxidation sites excluding steroid dienone is 2. The molecule has 69 heavy (non-hydrogen) atoms. The number of carbonyl (C=O) groups excluding carboxylic acids is 3. The second kappa shape index (κ2) is 58.7. The summed E-state index contributed by atoms with van der Waals surface area (Å²) in [6.45, 7) is 6.66. The zero-order valence-corrected chi connectivity index (χ0v) is 46.9. The van der Waals surface area contributed by atoms with Crippen LogP contribution in [0.15, 0.2) is 12.2 Å². The van der Waals surface area contributed by atoms with Crippen LogP contribution in [0.2, 0.25) is 0 Å². The quantitative estimate of drug-likeness (QED) is 0.0261. The normalized spacial score (nSPS) is 12.0. The highest BCUT2D eigenvalue weighted by Crippen LogP contribution is 2.18. The molecule has 0 aliphatic rings. The van der Waals surface area contributed by atoms with E-state index in [1.54, 1.807) is 0 Å². The van der Waals surface area contributed by atoms with Gasteiger partial charge < -0.3 is 14.2 Å². The van der Waals surface area contributed by atoms with Gasteiger partial charge in [0.2, 0.25) is 0 Å². The van der Waals surface area contributed by atoms with Crippen molar-refractivity contribution in [2.45, 2.75) is 361 Å². The Morgan fingerprint density at radius 1 is 0.275 bits per heavy atom. The molecule has 0 heterocycles. The Morgan fingerprint density at radius 3 is 0.725 bits per heavy atom. The van der Waals surface area contributed by atoms with Crippen LogP contribution < -0.4 is 0 Å². The minimum Gasteiger partial charge on any atom is -0.462 e. The van der Waals surface area contributed by atoms with Gasteiger partial charge in [0.25, 0.3) is 0 Å². The number of ether oxygens (including phenoxy) is 3. The van der Waals surface area contributed by atoms with Gasteiger partial charge in [-0.2, -0.15) is 0 Å². The molecule has 408 valence electrons. The van der Waals surface area contributed by atoms with Crippen LogP contribution in [0.1, 0.15) is 355 Å². The highest BCUT2D eigenvalue weighted by atomic mass is 16.6. The number of rotatable bonds is 58. The first kappa shape index (κ1) is 67.1. The fourth-order valence-corrected chi connectivity index (χ4v) is 9.56. The van der Waals surface area contributed by atoms with Gasteiger partial charge in [0.1, 0.15) is 13.2 Å². The molecule has 0 saturated carbocycles. The van der Waals surface area contributed by atoms with E-state index in [0.717, 1.165) is 64.2 Å². The van der Waals surface area contributed by atoms with Gasteiger partial charge >= 0.3 is 17.9 Å². The van der Waals surface area contributed by atoms with Crippen molar-refractivity contribution in [1.29, 1.82) is 0 Å². The van der Waals surface area contributed by atoms with Crippen molar-refractivity contribution in [3.63, 3.8) is 0 Å². The molecular weight excluding hydrogens is 853 g/mol. The lowest BCUT2D eigenvalue weighted by Gasteiger charge is -2.18. The Bertz CT molecular complexity index is 1070. The third-order valence-corrected chi connectivity index (χ3v) is 14.3. The minimum atomic E-state index is -0.768. The zero-order valence-electron chi connectivity index (χ0n) is 46.9. The fraction of sp³-hybridized carbons (Fsp3) is 0.921. The molecule has 6 heteroatoms. The highest BCUT2D eigenvalue weighted by molar-refractivity contribution is 5.71. The molecule has 6 nitrogen and oxygen atoms in total. The highest BCUT2D eigenvalue weighted by Gasteiger charge is 2.19. The van der Waals surface area contributed by atoms with Gasteiger partial charge in [0.05, 0.1) is 0 Å². The third-order valence-electron chi connectivity index (χ3n) is 14.3. The van der Waals surface area contributed by atoms with E-state index in [0.29, 0.717) is 19.3 Å². The SMILES string of the molecule is CCCCCCCCC/C=C\CCCCCCCC(=O)OC(COC(=O)CCCCCCCCCC)COC(=O)CCCCCCCCCCCCCCCCCCCCCCCCCCCCC. The molecule has 0 spiro atoms. The smallest absolute Gasteiger partial charge is 0.306 e. The van der Waals surface area contributed by atoms with Crippen LogP contribution in [0.4, 0.5) is 0 Å². The first-order valence-electron chi connectivity index (χ1n) is 31.2. The lowest BCUT2D eigenvalue weighted by Crippen LogP contribution is -2.30. The van der Waals surface area contributed by atoms with Crippen LogP contribution in [0.3, 0.4) is 0 Å². The summed E-state index contributed by atoms with van der Waals surface area (Å²) in [4.78, 5) is 38.0. The maximum absolute atomic E-state index is 12.8. The number of hydrogen-bond acceptors (Lipinski definition) is 6. The van der Waals surface area contributed by atoms with Crippen LogP contribution in [-0.2, 0) is 28.6 Å². The lowest BCUT2D eigenvalue weighted by atomic mass is 10.0. The van der Waals surface area contributed by atoms with Crippen LogP contribution in [-0.4, -0.2) is 37.2 Å². The monoisotopic (exact) mass is 973 g/mol. The van der Waals surface area contributed by atoms with Crippen molar-refractivity contribution in [3.05, 3.63) is 12.2 Å². The Balaban J connectivity index is 4.06. The summed E-state index contributed by atoms with van der Waals surface area (Å²) >= 11 is 0. The molecule has 0 aromatic carbocycles. The van der Waals surface area contributed by atoms with Gasteiger partial charge in [-0.25, -0.2) is 0 Å².